The molecule has 8 heteroatoms. The molecule has 3 rings (SSSR count). The molecule has 1 N–H and O–H groups in total. The zero-order chi connectivity index (χ0) is 17.2. The summed E-state index contributed by atoms with van der Waals surface area (Å²) in [5.74, 6) is -0.806. The molecule has 1 fully saturated rings. The zero-order valence-corrected chi connectivity index (χ0v) is 14.3. The van der Waals surface area contributed by atoms with E-state index in [0.29, 0.717) is 42.7 Å². The Morgan fingerprint density at radius 3 is 2.54 bits per heavy atom. The summed E-state index contributed by atoms with van der Waals surface area (Å²) < 4.78 is 46.7. The van der Waals surface area contributed by atoms with Gasteiger partial charge in [-0.3, -0.25) is 4.72 Å². The molecule has 0 saturated carbocycles. The number of sulfonamides is 1. The number of nitrogens with zero attached hydrogens (tertiary/aromatic N) is 1. The van der Waals surface area contributed by atoms with Gasteiger partial charge in [-0.1, -0.05) is 23.7 Å². The van der Waals surface area contributed by atoms with Gasteiger partial charge < -0.3 is 9.64 Å². The molecule has 0 radical (unpaired) electrons. The predicted octanol–water partition coefficient (Wildman–Crippen LogP) is 3.12. The molecule has 0 aromatic heterocycles. The normalized spacial score (nSPS) is 15.3. The van der Waals surface area contributed by atoms with Crippen molar-refractivity contribution in [2.75, 3.05) is 35.9 Å². The van der Waals surface area contributed by atoms with Gasteiger partial charge in [-0.05, 0) is 30.3 Å². The lowest BCUT2D eigenvalue weighted by Gasteiger charge is -2.30. The molecule has 0 spiro atoms. The minimum atomic E-state index is -4.06. The number of hydrogen-bond donors (Lipinski definition) is 1. The first-order valence-electron chi connectivity index (χ1n) is 7.37. The molecule has 0 amide bonds. The van der Waals surface area contributed by atoms with Crippen molar-refractivity contribution in [3.8, 4) is 0 Å². The summed E-state index contributed by atoms with van der Waals surface area (Å²) in [6.45, 7) is 2.39. The van der Waals surface area contributed by atoms with Crippen LogP contribution in [0.5, 0.6) is 0 Å². The topological polar surface area (TPSA) is 58.6 Å². The Hall–Kier alpha value is -1.83. The van der Waals surface area contributed by atoms with Gasteiger partial charge in [0.1, 0.15) is 10.7 Å². The van der Waals surface area contributed by atoms with Gasteiger partial charge in [0, 0.05) is 18.1 Å². The number of benzene rings is 2. The summed E-state index contributed by atoms with van der Waals surface area (Å²) >= 11 is 6.01. The molecule has 1 aliphatic rings. The van der Waals surface area contributed by atoms with Crippen LogP contribution in [0.25, 0.3) is 0 Å². The second-order valence-corrected chi connectivity index (χ2v) is 7.38. The van der Waals surface area contributed by atoms with Gasteiger partial charge in [-0.2, -0.15) is 0 Å². The number of anilines is 2. The molecule has 5 nitrogen and oxygen atoms in total. The smallest absolute Gasteiger partial charge is 0.264 e. The van der Waals surface area contributed by atoms with E-state index in [-0.39, 0.29) is 0 Å². The lowest BCUT2D eigenvalue weighted by molar-refractivity contribution is 0.123. The van der Waals surface area contributed by atoms with Crippen molar-refractivity contribution in [1.82, 2.24) is 0 Å². The Balaban J connectivity index is 1.97. The third-order valence-electron chi connectivity index (χ3n) is 3.68. The third-order valence-corrected chi connectivity index (χ3v) is 5.31. The van der Waals surface area contributed by atoms with Gasteiger partial charge in [0.05, 0.1) is 24.6 Å². The molecule has 1 aliphatic heterocycles. The second-order valence-electron chi connectivity index (χ2n) is 5.30. The van der Waals surface area contributed by atoms with Gasteiger partial charge in [0.15, 0.2) is 0 Å². The minimum absolute atomic E-state index is 0.313. The van der Waals surface area contributed by atoms with Crippen LogP contribution < -0.4 is 9.62 Å². The van der Waals surface area contributed by atoms with Crippen LogP contribution in [0.2, 0.25) is 5.02 Å². The molecule has 1 saturated heterocycles. The second kappa shape index (κ2) is 6.96. The minimum Gasteiger partial charge on any atom is -0.378 e. The monoisotopic (exact) mass is 370 g/mol. The summed E-state index contributed by atoms with van der Waals surface area (Å²) in [4.78, 5) is 1.59. The summed E-state index contributed by atoms with van der Waals surface area (Å²) in [6, 6.07) is 10.2. The standard InChI is InChI=1S/C16H16ClFN2O3S/c17-12-5-6-15(20-7-9-23-10-8-20)14(11-12)19-24(21,22)16-4-2-1-3-13(16)18/h1-6,11,19H,7-10H2. The maximum Gasteiger partial charge on any atom is 0.264 e. The zero-order valence-electron chi connectivity index (χ0n) is 12.7. The lowest BCUT2D eigenvalue weighted by atomic mass is 10.2. The summed E-state index contributed by atoms with van der Waals surface area (Å²) in [6.07, 6.45) is 0. The third kappa shape index (κ3) is 3.63. The maximum absolute atomic E-state index is 13.9. The van der Waals surface area contributed by atoms with Gasteiger partial charge >= 0.3 is 0 Å². The molecular formula is C16H16ClFN2O3S. The Kier molecular flexibility index (Phi) is 4.93. The lowest BCUT2D eigenvalue weighted by Crippen LogP contribution is -2.36. The fourth-order valence-corrected chi connectivity index (χ4v) is 3.85. The van der Waals surface area contributed by atoms with E-state index < -0.39 is 20.7 Å². The highest BCUT2D eigenvalue weighted by Gasteiger charge is 2.22. The molecule has 128 valence electrons. The van der Waals surface area contributed by atoms with Crippen molar-refractivity contribution in [2.24, 2.45) is 0 Å². The van der Waals surface area contributed by atoms with Crippen molar-refractivity contribution in [1.29, 1.82) is 0 Å². The molecule has 24 heavy (non-hydrogen) atoms. The van der Waals surface area contributed by atoms with Gasteiger partial charge in [-0.15, -0.1) is 0 Å². The number of nitrogens with one attached hydrogen (secondary N) is 1. The highest BCUT2D eigenvalue weighted by Crippen LogP contribution is 2.32. The largest absolute Gasteiger partial charge is 0.378 e. The Bertz CT molecular complexity index is 839. The van der Waals surface area contributed by atoms with E-state index in [1.54, 1.807) is 12.1 Å². The van der Waals surface area contributed by atoms with Crippen LogP contribution in [0.4, 0.5) is 15.8 Å². The Morgan fingerprint density at radius 2 is 1.83 bits per heavy atom. The van der Waals surface area contributed by atoms with Crippen LogP contribution in [0.3, 0.4) is 0 Å². The van der Waals surface area contributed by atoms with Crippen molar-refractivity contribution in [3.63, 3.8) is 0 Å². The average molecular weight is 371 g/mol. The van der Waals surface area contributed by atoms with E-state index in [1.165, 1.54) is 24.3 Å². The van der Waals surface area contributed by atoms with E-state index in [4.69, 9.17) is 16.3 Å². The summed E-state index contributed by atoms with van der Waals surface area (Å²) in [7, 11) is -4.06. The average Bonchev–Trinajstić information content (AvgIpc) is 2.55. The van der Waals surface area contributed by atoms with Crippen molar-refractivity contribution in [3.05, 3.63) is 53.3 Å². The quantitative estimate of drug-likeness (QED) is 0.898. The molecular weight excluding hydrogens is 355 g/mol. The van der Waals surface area contributed by atoms with E-state index in [0.717, 1.165) is 6.07 Å². The number of halogens is 2. The van der Waals surface area contributed by atoms with Gasteiger partial charge in [-0.25, -0.2) is 12.8 Å². The number of hydrogen-bond acceptors (Lipinski definition) is 4. The van der Waals surface area contributed by atoms with Crippen LogP contribution in [-0.2, 0) is 14.8 Å². The molecule has 0 aliphatic carbocycles. The molecule has 0 bridgehead atoms. The van der Waals surface area contributed by atoms with E-state index in [2.05, 4.69) is 4.72 Å². The number of rotatable bonds is 4. The molecule has 0 unspecified atom stereocenters. The van der Waals surface area contributed by atoms with E-state index >= 15 is 0 Å². The SMILES string of the molecule is O=S(=O)(Nc1cc(Cl)ccc1N1CCOCC1)c1ccccc1F. The van der Waals surface area contributed by atoms with Crippen LogP contribution in [-0.4, -0.2) is 34.7 Å². The first kappa shape index (κ1) is 17.0. The van der Waals surface area contributed by atoms with Crippen molar-refractivity contribution in [2.45, 2.75) is 4.90 Å². The summed E-state index contributed by atoms with van der Waals surface area (Å²) in [5.41, 5.74) is 0.996. The fourth-order valence-electron chi connectivity index (χ4n) is 2.53. The highest BCUT2D eigenvalue weighted by molar-refractivity contribution is 7.92. The van der Waals surface area contributed by atoms with Gasteiger partial charge in [0.2, 0.25) is 0 Å². The van der Waals surface area contributed by atoms with Crippen LogP contribution in [0.15, 0.2) is 47.4 Å². The molecule has 1 heterocycles. The Morgan fingerprint density at radius 1 is 1.12 bits per heavy atom. The molecule has 0 atom stereocenters. The van der Waals surface area contributed by atoms with Crippen molar-refractivity contribution < 1.29 is 17.5 Å². The van der Waals surface area contributed by atoms with E-state index in [1.807, 2.05) is 4.90 Å². The van der Waals surface area contributed by atoms with Gasteiger partial charge in [0.25, 0.3) is 10.0 Å². The van der Waals surface area contributed by atoms with E-state index in [9.17, 15) is 12.8 Å². The van der Waals surface area contributed by atoms with Crippen LogP contribution in [0.1, 0.15) is 0 Å². The molecule has 2 aromatic carbocycles. The van der Waals surface area contributed by atoms with Crippen LogP contribution in [0, 0.1) is 5.82 Å². The first-order valence-corrected chi connectivity index (χ1v) is 9.23. The summed E-state index contributed by atoms with van der Waals surface area (Å²) in [5, 5.41) is 0.387. The first-order chi connectivity index (χ1) is 11.5. The fraction of sp³-hybridized carbons (Fsp3) is 0.250. The predicted molar refractivity (Wildman–Crippen MR) is 91.7 cm³/mol. The highest BCUT2D eigenvalue weighted by atomic mass is 35.5. The molecule has 2 aromatic rings. The number of morpholine rings is 1. The number of ether oxygens (including phenoxy) is 1. The maximum atomic E-state index is 13.9. The van der Waals surface area contributed by atoms with Crippen molar-refractivity contribution >= 4 is 33.0 Å². The Labute approximate surface area is 145 Å². The van der Waals surface area contributed by atoms with Crippen LogP contribution >= 0.6 is 11.6 Å².